The molecule has 51 heavy (non-hydrogen) atoms. The van der Waals surface area contributed by atoms with Gasteiger partial charge in [-0.15, -0.1) is 5.53 Å². The summed E-state index contributed by atoms with van der Waals surface area (Å²) in [6, 6.07) is 0. The molecule has 0 aliphatic carbocycles. The molecule has 4 heterocycles. The molecule has 3 fully saturated rings. The lowest BCUT2D eigenvalue weighted by atomic mass is 10.0. The maximum absolute atomic E-state index is 6.84. The lowest BCUT2D eigenvalue weighted by Crippen LogP contribution is -2.54. The van der Waals surface area contributed by atoms with Crippen molar-refractivity contribution >= 4 is 0 Å². The van der Waals surface area contributed by atoms with Gasteiger partial charge in [0.1, 0.15) is 18.4 Å². The van der Waals surface area contributed by atoms with Gasteiger partial charge >= 0.3 is 0 Å². The van der Waals surface area contributed by atoms with Crippen molar-refractivity contribution in [2.75, 3.05) is 26.4 Å². The number of epoxide rings is 3. The molecule has 0 aromatic heterocycles. The zero-order valence-electron chi connectivity index (χ0n) is 33.3. The molecule has 6 unspecified atom stereocenters. The number of rotatable bonds is 36. The molecule has 4 aliphatic heterocycles. The monoisotopic (exact) mass is 722 g/mol. The summed E-state index contributed by atoms with van der Waals surface area (Å²) in [5.74, 6) is 0.886. The van der Waals surface area contributed by atoms with E-state index in [0.29, 0.717) is 24.9 Å². The van der Waals surface area contributed by atoms with Crippen LogP contribution in [0.3, 0.4) is 0 Å². The summed E-state index contributed by atoms with van der Waals surface area (Å²) >= 11 is 0. The quantitative estimate of drug-likeness (QED) is 0.0502. The average molecular weight is 722 g/mol. The van der Waals surface area contributed by atoms with Gasteiger partial charge in [-0.1, -0.05) is 154 Å². The Hall–Kier alpha value is -0.940. The maximum Gasteiger partial charge on any atom is 0.134 e. The van der Waals surface area contributed by atoms with Crippen molar-refractivity contribution < 1.29 is 28.6 Å². The Bertz CT molecular complexity index is 883. The lowest BCUT2D eigenvalue weighted by Gasteiger charge is -2.38. The highest BCUT2D eigenvalue weighted by Crippen LogP contribution is 2.28. The molecule has 0 radical (unpaired) electrons. The van der Waals surface area contributed by atoms with Crippen molar-refractivity contribution in [1.82, 2.24) is 15.9 Å². The number of nitrogens with zero attached hydrogens (tertiary/aromatic N) is 2. The molecule has 9 heteroatoms. The first-order valence-electron chi connectivity index (χ1n) is 22.0. The summed E-state index contributed by atoms with van der Waals surface area (Å²) in [5, 5.41) is 3.63. The maximum atomic E-state index is 6.84. The highest BCUT2D eigenvalue weighted by Gasteiger charge is 2.34. The molecular weight excluding hydrogens is 642 g/mol. The van der Waals surface area contributed by atoms with E-state index >= 15 is 0 Å². The SMILES string of the molecule is CCCCCCCCCC(CC1CO1)OC1=CN(OC(CCCCCCCCC)CC2CO2)NN(OC(CCCCCCCCC)CC2CO2)C1. The normalized spacial score (nSPS) is 23.2. The van der Waals surface area contributed by atoms with Crippen LogP contribution in [-0.4, -0.2) is 73.3 Å². The first-order valence-corrected chi connectivity index (χ1v) is 22.0. The molecule has 1 N–H and O–H groups in total. The molecule has 0 saturated carbocycles. The third-order valence-corrected chi connectivity index (χ3v) is 10.8. The van der Waals surface area contributed by atoms with Crippen LogP contribution in [0.4, 0.5) is 0 Å². The Morgan fingerprint density at radius 1 is 0.549 bits per heavy atom. The predicted octanol–water partition coefficient (Wildman–Crippen LogP) is 10.6. The van der Waals surface area contributed by atoms with Crippen molar-refractivity contribution in [2.45, 2.75) is 231 Å². The fraction of sp³-hybridized carbons (Fsp3) is 0.952. The van der Waals surface area contributed by atoms with Gasteiger partial charge in [-0.2, -0.15) is 5.17 Å². The van der Waals surface area contributed by atoms with Gasteiger partial charge in [-0.3, -0.25) is 9.68 Å². The number of hydrogen-bond donors (Lipinski definition) is 1. The van der Waals surface area contributed by atoms with Gasteiger partial charge in [-0.05, 0) is 25.7 Å². The van der Waals surface area contributed by atoms with Crippen LogP contribution in [0, 0.1) is 0 Å². The summed E-state index contributed by atoms with van der Waals surface area (Å²) in [7, 11) is 0. The highest BCUT2D eigenvalue weighted by molar-refractivity contribution is 4.97. The molecule has 3 saturated heterocycles. The highest BCUT2D eigenvalue weighted by atomic mass is 16.8. The number of hydrazine groups is 2. The van der Waals surface area contributed by atoms with E-state index in [0.717, 1.165) is 64.1 Å². The number of hydroxylamine groups is 2. The minimum atomic E-state index is 0.0739. The molecular formula is C42H79N3O6. The summed E-state index contributed by atoms with van der Waals surface area (Å²) in [5.41, 5.74) is 3.44. The molecule has 0 spiro atoms. The second kappa shape index (κ2) is 26.8. The largest absolute Gasteiger partial charge is 0.491 e. The first kappa shape index (κ1) is 42.8. The van der Waals surface area contributed by atoms with Crippen LogP contribution in [0.5, 0.6) is 0 Å². The van der Waals surface area contributed by atoms with Gasteiger partial charge in [0.05, 0.1) is 56.5 Å². The molecule has 0 aromatic carbocycles. The van der Waals surface area contributed by atoms with Crippen LogP contribution in [0.15, 0.2) is 12.0 Å². The average Bonchev–Trinajstić information content (AvgIpc) is 3.96. The van der Waals surface area contributed by atoms with Crippen LogP contribution in [-0.2, 0) is 28.6 Å². The lowest BCUT2D eigenvalue weighted by molar-refractivity contribution is -0.334. The number of ether oxygens (including phenoxy) is 4. The van der Waals surface area contributed by atoms with Gasteiger partial charge in [0, 0.05) is 19.3 Å². The van der Waals surface area contributed by atoms with Gasteiger partial charge in [0.2, 0.25) is 0 Å². The van der Waals surface area contributed by atoms with Gasteiger partial charge < -0.3 is 18.9 Å². The van der Waals surface area contributed by atoms with Crippen LogP contribution < -0.4 is 5.53 Å². The predicted molar refractivity (Wildman–Crippen MR) is 205 cm³/mol. The fourth-order valence-corrected chi connectivity index (χ4v) is 7.36. The standard InChI is InChI=1S/C42H79N3O6/c1-4-7-10-13-16-19-22-25-36(28-39-33-46-39)49-42-31-44(50-37(29-40-34-47-40)26-23-20-17-14-11-8-5-2)43-45(32-42)51-38(30-41-35-48-41)27-24-21-18-15-12-9-6-3/h31,36-41,43H,4-30,32-35H2,1-3H3. The third-order valence-electron chi connectivity index (χ3n) is 10.8. The molecule has 4 aliphatic rings. The van der Waals surface area contributed by atoms with E-state index in [1.807, 2.05) is 11.4 Å². The van der Waals surface area contributed by atoms with E-state index in [-0.39, 0.29) is 18.3 Å². The zero-order chi connectivity index (χ0) is 35.8. The molecule has 4 rings (SSSR count). The van der Waals surface area contributed by atoms with Crippen molar-refractivity contribution in [3.63, 3.8) is 0 Å². The Labute approximate surface area is 313 Å². The Morgan fingerprint density at radius 3 is 1.35 bits per heavy atom. The number of nitrogens with one attached hydrogen (secondary N) is 1. The first-order chi connectivity index (χ1) is 25.1. The van der Waals surface area contributed by atoms with E-state index in [9.17, 15) is 0 Å². The third kappa shape index (κ3) is 21.5. The van der Waals surface area contributed by atoms with E-state index in [1.54, 1.807) is 5.17 Å². The Morgan fingerprint density at radius 2 is 0.922 bits per heavy atom. The zero-order valence-corrected chi connectivity index (χ0v) is 33.3. The minimum Gasteiger partial charge on any atom is -0.491 e. The van der Waals surface area contributed by atoms with Gasteiger partial charge in [-0.25, -0.2) is 0 Å². The smallest absolute Gasteiger partial charge is 0.134 e. The molecule has 9 nitrogen and oxygen atoms in total. The molecule has 0 amide bonds. The van der Waals surface area contributed by atoms with Gasteiger partial charge in [0.25, 0.3) is 0 Å². The topological polar surface area (TPSA) is 83.8 Å². The van der Waals surface area contributed by atoms with Crippen molar-refractivity contribution in [1.29, 1.82) is 0 Å². The fourth-order valence-electron chi connectivity index (χ4n) is 7.36. The summed E-state index contributed by atoms with van der Waals surface area (Å²) < 4.78 is 23.8. The van der Waals surface area contributed by atoms with Crippen LogP contribution in [0.2, 0.25) is 0 Å². The summed E-state index contributed by atoms with van der Waals surface area (Å²) in [6.45, 7) is 9.93. The minimum absolute atomic E-state index is 0.0739. The summed E-state index contributed by atoms with van der Waals surface area (Å²) in [6.07, 6.45) is 36.5. The van der Waals surface area contributed by atoms with E-state index in [4.69, 9.17) is 28.6 Å². The van der Waals surface area contributed by atoms with Crippen LogP contribution >= 0.6 is 0 Å². The molecule has 6 atom stereocenters. The second-order valence-electron chi connectivity index (χ2n) is 16.1. The summed E-state index contributed by atoms with van der Waals surface area (Å²) in [4.78, 5) is 13.4. The Balaban J connectivity index is 1.34. The number of hydrogen-bond acceptors (Lipinski definition) is 9. The van der Waals surface area contributed by atoms with Crippen LogP contribution in [0.1, 0.15) is 194 Å². The van der Waals surface area contributed by atoms with Gasteiger partial charge in [0.15, 0.2) is 0 Å². The molecule has 0 bridgehead atoms. The van der Waals surface area contributed by atoms with Crippen LogP contribution in [0.25, 0.3) is 0 Å². The van der Waals surface area contributed by atoms with E-state index < -0.39 is 0 Å². The number of unbranched alkanes of at least 4 members (excludes halogenated alkanes) is 18. The molecule has 0 aromatic rings. The van der Waals surface area contributed by atoms with Crippen molar-refractivity contribution in [2.24, 2.45) is 0 Å². The van der Waals surface area contributed by atoms with E-state index in [1.165, 1.54) is 135 Å². The van der Waals surface area contributed by atoms with Crippen molar-refractivity contribution in [3.8, 4) is 0 Å². The van der Waals surface area contributed by atoms with Crippen molar-refractivity contribution in [3.05, 3.63) is 12.0 Å². The second-order valence-corrected chi connectivity index (χ2v) is 16.1. The molecule has 298 valence electrons. The van der Waals surface area contributed by atoms with E-state index in [2.05, 4.69) is 26.3 Å². The Kier molecular flexibility index (Phi) is 22.5.